The molecule has 0 saturated heterocycles. The first kappa shape index (κ1) is 30.9. The van der Waals surface area contributed by atoms with Crippen molar-refractivity contribution in [2.75, 3.05) is 39.6 Å². The van der Waals surface area contributed by atoms with Crippen molar-refractivity contribution in [1.29, 1.82) is 0 Å². The maximum atomic E-state index is 12.1. The molecule has 0 rings (SSSR count). The second-order valence-corrected chi connectivity index (χ2v) is 9.42. The summed E-state index contributed by atoms with van der Waals surface area (Å²) in [7, 11) is 6.06. The maximum absolute atomic E-state index is 12.1. The molecule has 0 aromatic carbocycles. The Morgan fingerprint density at radius 3 is 1.93 bits per heavy atom. The lowest BCUT2D eigenvalue weighted by Gasteiger charge is -2.28. The van der Waals surface area contributed by atoms with Gasteiger partial charge in [-0.1, -0.05) is 74.2 Å². The highest BCUT2D eigenvalue weighted by Gasteiger charge is 2.25. The van der Waals surface area contributed by atoms with Gasteiger partial charge in [-0.25, -0.2) is 0 Å². The van der Waals surface area contributed by atoms with Crippen LogP contribution < -0.4 is 12.4 Å². The lowest BCUT2D eigenvalue weighted by Crippen LogP contribution is -3.00. The van der Waals surface area contributed by atoms with Gasteiger partial charge in [0.2, 0.25) is 0 Å². The lowest BCUT2D eigenvalue weighted by molar-refractivity contribution is -0.873. The predicted molar refractivity (Wildman–Crippen MR) is 119 cm³/mol. The normalized spacial score (nSPS) is 12.2. The van der Waals surface area contributed by atoms with E-state index in [1.54, 1.807) is 0 Å². The summed E-state index contributed by atoms with van der Waals surface area (Å²) in [5.74, 6) is -0.518. The van der Waals surface area contributed by atoms with E-state index in [0.717, 1.165) is 24.6 Å². The fourth-order valence-electron chi connectivity index (χ4n) is 3.05. The third-order valence-electron chi connectivity index (χ3n) is 4.47. The number of rotatable bonds is 18. The Bertz CT molecular complexity index is 416. The largest absolute Gasteiger partial charge is 1.00 e. The van der Waals surface area contributed by atoms with Gasteiger partial charge >= 0.3 is 11.9 Å². The third kappa shape index (κ3) is 22.2. The molecule has 0 aliphatic heterocycles. The van der Waals surface area contributed by atoms with Crippen LogP contribution >= 0.6 is 15.9 Å². The maximum Gasteiger partial charge on any atom is 0.309 e. The molecule has 0 unspecified atom stereocenters. The number of carbonyl (C=O) groups is 2. The van der Waals surface area contributed by atoms with E-state index in [1.165, 1.54) is 44.9 Å². The average molecular weight is 501 g/mol. The van der Waals surface area contributed by atoms with E-state index in [0.29, 0.717) is 24.1 Å². The van der Waals surface area contributed by atoms with Gasteiger partial charge in [0.05, 0.1) is 34.2 Å². The molecule has 0 bridgehead atoms. The van der Waals surface area contributed by atoms with E-state index in [1.807, 2.05) is 21.1 Å². The van der Waals surface area contributed by atoms with Gasteiger partial charge in [0, 0.05) is 11.8 Å². The van der Waals surface area contributed by atoms with Crippen LogP contribution in [-0.4, -0.2) is 62.2 Å². The van der Waals surface area contributed by atoms with Gasteiger partial charge in [-0.2, -0.15) is 0 Å². The molecule has 0 heterocycles. The minimum atomic E-state index is -0.432. The number of quaternary nitrogens is 1. The molecule has 0 aliphatic rings. The van der Waals surface area contributed by atoms with E-state index in [9.17, 15) is 9.59 Å². The molecule has 7 heteroatoms. The van der Waals surface area contributed by atoms with Crippen molar-refractivity contribution in [1.82, 2.24) is 0 Å². The number of alkyl halides is 1. The van der Waals surface area contributed by atoms with Gasteiger partial charge in [-0.3, -0.25) is 9.59 Å². The van der Waals surface area contributed by atoms with Crippen LogP contribution in [0.4, 0.5) is 0 Å². The number of halogens is 2. The second-order valence-electron chi connectivity index (χ2n) is 8.63. The van der Waals surface area contributed by atoms with E-state index in [4.69, 9.17) is 9.47 Å². The smallest absolute Gasteiger partial charge is 0.309 e. The summed E-state index contributed by atoms with van der Waals surface area (Å²) in [4.78, 5) is 24.1. The van der Waals surface area contributed by atoms with E-state index < -0.39 is 6.10 Å². The number of unbranched alkanes of at least 4 members (excludes halogenated alkanes) is 8. The van der Waals surface area contributed by atoms with Crippen molar-refractivity contribution >= 4 is 27.9 Å². The van der Waals surface area contributed by atoms with Crippen LogP contribution in [0.3, 0.4) is 0 Å². The second kappa shape index (κ2) is 19.6. The van der Waals surface area contributed by atoms with Gasteiger partial charge < -0.3 is 26.4 Å². The Labute approximate surface area is 193 Å². The first-order valence-electron chi connectivity index (χ1n) is 11.0. The summed E-state index contributed by atoms with van der Waals surface area (Å²) in [6, 6.07) is 0. The number of likely N-dealkylation sites (N-methyl/N-ethyl adjacent to an activating group) is 1. The Morgan fingerprint density at radius 1 is 0.862 bits per heavy atom. The molecular weight excluding hydrogens is 458 g/mol. The summed E-state index contributed by atoms with van der Waals surface area (Å²) in [5.41, 5.74) is 0. The Kier molecular flexibility index (Phi) is 20.9. The molecule has 29 heavy (non-hydrogen) atoms. The fraction of sp³-hybridized carbons (Fsp3) is 0.909. The molecule has 0 aliphatic carbocycles. The predicted octanol–water partition coefficient (Wildman–Crippen LogP) is 2.25. The molecule has 5 nitrogen and oxygen atoms in total. The van der Waals surface area contributed by atoms with Gasteiger partial charge in [0.25, 0.3) is 0 Å². The first-order valence-corrected chi connectivity index (χ1v) is 12.1. The minimum absolute atomic E-state index is 0. The molecule has 0 N–H and O–H groups in total. The molecule has 0 amide bonds. The summed E-state index contributed by atoms with van der Waals surface area (Å²) < 4.78 is 11.5. The fourth-order valence-corrected chi connectivity index (χ4v) is 3.33. The molecule has 174 valence electrons. The van der Waals surface area contributed by atoms with Gasteiger partial charge in [-0.05, 0) is 12.8 Å². The summed E-state index contributed by atoms with van der Waals surface area (Å²) in [6.07, 6.45) is 11.9. The van der Waals surface area contributed by atoms with Crippen molar-refractivity contribution in [2.24, 2.45) is 0 Å². The standard InChI is InChI=1S/C22H43BrNO4.ClH/c1-5-6-7-8-9-10-11-12-13-17-27-22(26)18-20(19-24(2,3)4)28-21(25)15-14-16-23;/h20H,5-19H2,1-4H3;1H/q+1;/p-1/t20-;/m1./s1. The van der Waals surface area contributed by atoms with Crippen LogP contribution in [0.25, 0.3) is 0 Å². The van der Waals surface area contributed by atoms with Crippen LogP contribution in [0, 0.1) is 0 Å². The zero-order valence-corrected chi connectivity index (χ0v) is 21.4. The van der Waals surface area contributed by atoms with Crippen molar-refractivity contribution in [3.63, 3.8) is 0 Å². The van der Waals surface area contributed by atoms with E-state index in [-0.39, 0.29) is 30.8 Å². The highest BCUT2D eigenvalue weighted by atomic mass is 79.9. The number of ether oxygens (including phenoxy) is 2. The van der Waals surface area contributed by atoms with Crippen molar-refractivity contribution in [3.05, 3.63) is 0 Å². The van der Waals surface area contributed by atoms with Crippen LogP contribution in [0.1, 0.15) is 84.0 Å². The summed E-state index contributed by atoms with van der Waals surface area (Å²) in [5, 5.41) is 0.767. The zero-order valence-electron chi connectivity index (χ0n) is 19.0. The molecule has 0 fully saturated rings. The van der Waals surface area contributed by atoms with Crippen molar-refractivity contribution < 1.29 is 36.0 Å². The highest BCUT2D eigenvalue weighted by Crippen LogP contribution is 2.11. The molecule has 0 aromatic heterocycles. The van der Waals surface area contributed by atoms with Crippen molar-refractivity contribution in [2.45, 2.75) is 90.1 Å². The van der Waals surface area contributed by atoms with Crippen LogP contribution in [0.15, 0.2) is 0 Å². The SMILES string of the molecule is CCCCCCCCCCCOC(=O)C[C@H](C[N+](C)(C)C)OC(=O)CCCBr.[Cl-]. The molecule has 0 aromatic rings. The number of hydrogen-bond donors (Lipinski definition) is 0. The number of nitrogens with zero attached hydrogens (tertiary/aromatic N) is 1. The molecular formula is C22H43BrClNO4. The van der Waals surface area contributed by atoms with Gasteiger partial charge in [0.15, 0.2) is 6.10 Å². The van der Waals surface area contributed by atoms with E-state index in [2.05, 4.69) is 22.9 Å². The van der Waals surface area contributed by atoms with E-state index >= 15 is 0 Å². The Balaban J connectivity index is 0. The summed E-state index contributed by atoms with van der Waals surface area (Å²) >= 11 is 3.31. The van der Waals surface area contributed by atoms with Crippen LogP contribution in [0.5, 0.6) is 0 Å². The first-order chi connectivity index (χ1) is 13.3. The molecule has 0 saturated carbocycles. The third-order valence-corrected chi connectivity index (χ3v) is 5.03. The molecule has 1 atom stereocenters. The average Bonchev–Trinajstić information content (AvgIpc) is 2.60. The molecule has 0 radical (unpaired) electrons. The quantitative estimate of drug-likeness (QED) is 0.125. The summed E-state index contributed by atoms with van der Waals surface area (Å²) in [6.45, 7) is 3.29. The number of esters is 2. The van der Waals surface area contributed by atoms with Crippen LogP contribution in [-0.2, 0) is 19.1 Å². The Hall–Kier alpha value is -0.330. The lowest BCUT2D eigenvalue weighted by atomic mass is 10.1. The topological polar surface area (TPSA) is 52.6 Å². The monoisotopic (exact) mass is 499 g/mol. The van der Waals surface area contributed by atoms with Crippen LogP contribution in [0.2, 0.25) is 0 Å². The molecule has 0 spiro atoms. The highest BCUT2D eigenvalue weighted by molar-refractivity contribution is 9.09. The number of carbonyl (C=O) groups excluding carboxylic acids is 2. The minimum Gasteiger partial charge on any atom is -1.00 e. The van der Waals surface area contributed by atoms with Crippen molar-refractivity contribution in [3.8, 4) is 0 Å². The van der Waals surface area contributed by atoms with Gasteiger partial charge in [0.1, 0.15) is 6.54 Å². The van der Waals surface area contributed by atoms with Gasteiger partial charge in [-0.15, -0.1) is 0 Å². The Morgan fingerprint density at radius 2 is 1.41 bits per heavy atom. The zero-order chi connectivity index (χ0) is 21.3. The number of hydrogen-bond acceptors (Lipinski definition) is 4.